The maximum absolute atomic E-state index is 11.2. The lowest BCUT2D eigenvalue weighted by Gasteiger charge is -2.41. The minimum absolute atomic E-state index is 0. The zero-order chi connectivity index (χ0) is 13.9. The molecule has 2 atom stereocenters. The van der Waals surface area contributed by atoms with Gasteiger partial charge >= 0.3 is 0 Å². The molecule has 1 saturated carbocycles. The van der Waals surface area contributed by atoms with Gasteiger partial charge in [0.2, 0.25) is 0 Å². The minimum Gasteiger partial charge on any atom is -0.497 e. The van der Waals surface area contributed by atoms with E-state index in [0.717, 1.165) is 37.1 Å². The van der Waals surface area contributed by atoms with E-state index >= 15 is 0 Å². The largest absolute Gasteiger partial charge is 0.497 e. The van der Waals surface area contributed by atoms with Crippen LogP contribution in [-0.4, -0.2) is 37.8 Å². The van der Waals surface area contributed by atoms with E-state index < -0.39 is 5.60 Å². The summed E-state index contributed by atoms with van der Waals surface area (Å²) in [5, 5.41) is 11.2. The van der Waals surface area contributed by atoms with Crippen LogP contribution in [0.3, 0.4) is 0 Å². The first-order valence-corrected chi connectivity index (χ1v) is 7.08. The van der Waals surface area contributed by atoms with Gasteiger partial charge in [-0.25, -0.2) is 0 Å². The third kappa shape index (κ3) is 4.75. The number of aliphatic hydroxyl groups is 1. The van der Waals surface area contributed by atoms with Gasteiger partial charge in [0.25, 0.3) is 0 Å². The van der Waals surface area contributed by atoms with Crippen molar-refractivity contribution in [2.24, 2.45) is 5.92 Å². The molecule has 1 N–H and O–H groups in total. The summed E-state index contributed by atoms with van der Waals surface area (Å²) in [7, 11) is 5.81. The fraction of sp³-hybridized carbons (Fsp3) is 0.625. The van der Waals surface area contributed by atoms with Crippen molar-refractivity contribution in [1.82, 2.24) is 4.90 Å². The van der Waals surface area contributed by atoms with Crippen molar-refractivity contribution in [1.29, 1.82) is 0 Å². The molecule has 0 bridgehead atoms. The number of methoxy groups -OCH3 is 1. The third-order valence-electron chi connectivity index (χ3n) is 4.19. The lowest BCUT2D eigenvalue weighted by molar-refractivity contribution is -0.0619. The Labute approximate surface area is 140 Å². The SMILES string of the molecule is COc1cccc(C2(O)CCCCC2CN(C)C)c1.Cl.Cl. The standard InChI is InChI=1S/C16H25NO2.2ClH/c1-17(2)12-14-7-4-5-10-16(14,18)13-8-6-9-15(11-13)19-3;;/h6,8-9,11,14,18H,4-5,7,10,12H2,1-3H3;2*1H. The first-order chi connectivity index (χ1) is 9.06. The van der Waals surface area contributed by atoms with Gasteiger partial charge in [-0.3, -0.25) is 0 Å². The van der Waals surface area contributed by atoms with Gasteiger partial charge in [-0.2, -0.15) is 0 Å². The zero-order valence-corrected chi connectivity index (χ0v) is 14.7. The smallest absolute Gasteiger partial charge is 0.119 e. The van der Waals surface area contributed by atoms with Crippen LogP contribution in [-0.2, 0) is 5.60 Å². The van der Waals surface area contributed by atoms with Gasteiger partial charge in [-0.15, -0.1) is 24.8 Å². The van der Waals surface area contributed by atoms with Crippen LogP contribution in [0, 0.1) is 5.92 Å². The molecule has 1 aromatic rings. The Morgan fingerprint density at radius 1 is 1.29 bits per heavy atom. The van der Waals surface area contributed by atoms with Crippen molar-refractivity contribution in [2.45, 2.75) is 31.3 Å². The molecule has 1 aromatic carbocycles. The van der Waals surface area contributed by atoms with Crippen LogP contribution in [0.1, 0.15) is 31.2 Å². The second-order valence-electron chi connectivity index (χ2n) is 5.86. The summed E-state index contributed by atoms with van der Waals surface area (Å²) in [6.07, 6.45) is 4.24. The number of ether oxygens (including phenoxy) is 1. The van der Waals surface area contributed by atoms with Crippen molar-refractivity contribution in [3.05, 3.63) is 29.8 Å². The quantitative estimate of drug-likeness (QED) is 0.914. The van der Waals surface area contributed by atoms with Gasteiger partial charge in [0, 0.05) is 12.5 Å². The predicted octanol–water partition coefficient (Wildman–Crippen LogP) is 3.48. The average Bonchev–Trinajstić information content (AvgIpc) is 2.41. The molecule has 21 heavy (non-hydrogen) atoms. The summed E-state index contributed by atoms with van der Waals surface area (Å²) in [4.78, 5) is 2.17. The molecule has 3 nitrogen and oxygen atoms in total. The molecule has 1 aliphatic carbocycles. The van der Waals surface area contributed by atoms with Crippen LogP contribution >= 0.6 is 24.8 Å². The molecule has 0 heterocycles. The average molecular weight is 336 g/mol. The molecule has 1 fully saturated rings. The molecule has 0 spiro atoms. The molecule has 0 amide bonds. The summed E-state index contributed by atoms with van der Waals surface area (Å²) in [6.45, 7) is 0.924. The van der Waals surface area contributed by atoms with Crippen LogP contribution in [0.2, 0.25) is 0 Å². The lowest BCUT2D eigenvalue weighted by Crippen LogP contribution is -2.43. The Morgan fingerprint density at radius 3 is 2.62 bits per heavy atom. The fourth-order valence-electron chi connectivity index (χ4n) is 3.18. The summed E-state index contributed by atoms with van der Waals surface area (Å²) < 4.78 is 5.29. The molecular weight excluding hydrogens is 309 g/mol. The minimum atomic E-state index is -0.711. The summed E-state index contributed by atoms with van der Waals surface area (Å²) >= 11 is 0. The predicted molar refractivity (Wildman–Crippen MR) is 91.9 cm³/mol. The highest BCUT2D eigenvalue weighted by atomic mass is 35.5. The topological polar surface area (TPSA) is 32.7 Å². The van der Waals surface area contributed by atoms with Gasteiger partial charge < -0.3 is 14.7 Å². The first kappa shape index (κ1) is 20.5. The van der Waals surface area contributed by atoms with E-state index in [-0.39, 0.29) is 24.8 Å². The Bertz CT molecular complexity index is 428. The molecule has 0 aliphatic heterocycles. The van der Waals surface area contributed by atoms with E-state index in [0.29, 0.717) is 5.92 Å². The van der Waals surface area contributed by atoms with Gasteiger partial charge in [-0.05, 0) is 44.6 Å². The van der Waals surface area contributed by atoms with Gasteiger partial charge in [0.05, 0.1) is 12.7 Å². The summed E-state index contributed by atoms with van der Waals surface area (Å²) in [5.74, 6) is 1.11. The highest BCUT2D eigenvalue weighted by molar-refractivity contribution is 5.85. The van der Waals surface area contributed by atoms with E-state index in [4.69, 9.17) is 4.74 Å². The number of rotatable bonds is 4. The molecule has 122 valence electrons. The molecule has 0 radical (unpaired) electrons. The van der Waals surface area contributed by atoms with E-state index in [1.165, 1.54) is 6.42 Å². The van der Waals surface area contributed by atoms with Crippen LogP contribution in [0.15, 0.2) is 24.3 Å². The summed E-state index contributed by atoms with van der Waals surface area (Å²) in [5.41, 5.74) is 0.287. The number of nitrogens with zero attached hydrogens (tertiary/aromatic N) is 1. The van der Waals surface area contributed by atoms with Crippen molar-refractivity contribution < 1.29 is 9.84 Å². The van der Waals surface area contributed by atoms with E-state index in [9.17, 15) is 5.11 Å². The van der Waals surface area contributed by atoms with E-state index in [1.54, 1.807) is 7.11 Å². The van der Waals surface area contributed by atoms with Crippen LogP contribution in [0.4, 0.5) is 0 Å². The van der Waals surface area contributed by atoms with Gasteiger partial charge in [-0.1, -0.05) is 25.0 Å². The van der Waals surface area contributed by atoms with Crippen molar-refractivity contribution in [3.63, 3.8) is 0 Å². The highest BCUT2D eigenvalue weighted by Crippen LogP contribution is 2.42. The van der Waals surface area contributed by atoms with Crippen molar-refractivity contribution in [3.8, 4) is 5.75 Å². The Hall–Kier alpha value is -0.480. The van der Waals surface area contributed by atoms with Crippen LogP contribution in [0.25, 0.3) is 0 Å². The highest BCUT2D eigenvalue weighted by Gasteiger charge is 2.40. The summed E-state index contributed by atoms with van der Waals surface area (Å²) in [6, 6.07) is 7.90. The Kier molecular flexibility index (Phi) is 8.64. The first-order valence-electron chi connectivity index (χ1n) is 7.08. The number of halogens is 2. The second-order valence-corrected chi connectivity index (χ2v) is 5.86. The van der Waals surface area contributed by atoms with Crippen LogP contribution < -0.4 is 4.74 Å². The maximum Gasteiger partial charge on any atom is 0.119 e. The fourth-order valence-corrected chi connectivity index (χ4v) is 3.18. The number of benzene rings is 1. The van der Waals surface area contributed by atoms with Gasteiger partial charge in [0.15, 0.2) is 0 Å². The Morgan fingerprint density at radius 2 is 2.00 bits per heavy atom. The molecule has 5 heteroatoms. The van der Waals surface area contributed by atoms with E-state index in [2.05, 4.69) is 19.0 Å². The molecule has 2 unspecified atom stereocenters. The molecule has 0 saturated heterocycles. The maximum atomic E-state index is 11.2. The van der Waals surface area contributed by atoms with Crippen molar-refractivity contribution in [2.75, 3.05) is 27.7 Å². The monoisotopic (exact) mass is 335 g/mol. The Balaban J connectivity index is 0.00000200. The zero-order valence-electron chi connectivity index (χ0n) is 13.0. The van der Waals surface area contributed by atoms with E-state index in [1.807, 2.05) is 24.3 Å². The number of hydrogen-bond acceptors (Lipinski definition) is 3. The van der Waals surface area contributed by atoms with Crippen molar-refractivity contribution >= 4 is 24.8 Å². The third-order valence-corrected chi connectivity index (χ3v) is 4.19. The second kappa shape index (κ2) is 8.84. The number of hydrogen-bond donors (Lipinski definition) is 1. The molecule has 1 aliphatic rings. The molecule has 0 aromatic heterocycles. The van der Waals surface area contributed by atoms with Gasteiger partial charge in [0.1, 0.15) is 5.75 Å². The van der Waals surface area contributed by atoms with Crippen LogP contribution in [0.5, 0.6) is 5.75 Å². The molecule has 2 rings (SSSR count). The molecular formula is C16H27Cl2NO2. The normalized spacial score (nSPS) is 24.9. The lowest BCUT2D eigenvalue weighted by atomic mass is 9.71.